The van der Waals surface area contributed by atoms with Gasteiger partial charge >= 0.3 is 0 Å². The van der Waals surface area contributed by atoms with Crippen LogP contribution in [0.15, 0.2) is 0 Å². The van der Waals surface area contributed by atoms with Crippen molar-refractivity contribution in [3.63, 3.8) is 0 Å². The van der Waals surface area contributed by atoms with Crippen molar-refractivity contribution in [2.75, 3.05) is 13.1 Å². The summed E-state index contributed by atoms with van der Waals surface area (Å²) in [5, 5.41) is 12.2. The predicted molar refractivity (Wildman–Crippen MR) is 56.8 cm³/mol. The standard InChI is InChI=1S/C7H13NO7S2/c9-8-4-1-2-6(8)7(3-5-8,16(10,11)12)17(13,14)15/h6H,1-5H2,(H,10,11,12)(H,13,14,15). The summed E-state index contributed by atoms with van der Waals surface area (Å²) in [7, 11) is -10.1. The molecule has 17 heavy (non-hydrogen) atoms. The lowest BCUT2D eigenvalue weighted by molar-refractivity contribution is -0.879. The van der Waals surface area contributed by atoms with Crippen LogP contribution in [0.25, 0.3) is 0 Å². The summed E-state index contributed by atoms with van der Waals surface area (Å²) in [4.78, 5) is 0. The predicted octanol–water partition coefficient (Wildman–Crippen LogP) is -0.661. The van der Waals surface area contributed by atoms with Gasteiger partial charge in [-0.05, 0) is 0 Å². The molecule has 2 fully saturated rings. The molecule has 2 aliphatic heterocycles. The molecule has 0 spiro atoms. The van der Waals surface area contributed by atoms with E-state index in [0.29, 0.717) is 6.42 Å². The van der Waals surface area contributed by atoms with E-state index >= 15 is 0 Å². The van der Waals surface area contributed by atoms with Gasteiger partial charge in [-0.25, -0.2) is 0 Å². The molecular weight excluding hydrogens is 274 g/mol. The van der Waals surface area contributed by atoms with Crippen LogP contribution in [-0.2, 0) is 20.2 Å². The third-order valence-electron chi connectivity index (χ3n) is 3.80. The van der Waals surface area contributed by atoms with E-state index in [1.807, 2.05) is 0 Å². The van der Waals surface area contributed by atoms with Gasteiger partial charge in [0.2, 0.25) is 0 Å². The Morgan fingerprint density at radius 2 is 1.65 bits per heavy atom. The number of rotatable bonds is 2. The Bertz CT molecular complexity index is 507. The molecule has 2 N–H and O–H groups in total. The number of hydroxylamine groups is 3. The Balaban J connectivity index is 2.68. The van der Waals surface area contributed by atoms with Crippen molar-refractivity contribution in [1.82, 2.24) is 0 Å². The molecule has 0 bridgehead atoms. The molecule has 2 saturated heterocycles. The van der Waals surface area contributed by atoms with E-state index < -0.39 is 41.4 Å². The summed E-state index contributed by atoms with van der Waals surface area (Å²) in [6.07, 6.45) is -0.136. The van der Waals surface area contributed by atoms with Crippen LogP contribution in [-0.4, -0.2) is 53.8 Å². The number of hydrogen-bond donors (Lipinski definition) is 2. The molecule has 10 heteroatoms. The van der Waals surface area contributed by atoms with Crippen molar-refractivity contribution >= 4 is 20.2 Å². The van der Waals surface area contributed by atoms with Crippen molar-refractivity contribution < 1.29 is 30.6 Å². The molecule has 2 heterocycles. The molecule has 2 aliphatic rings. The summed E-state index contributed by atoms with van der Waals surface area (Å²) in [6.45, 7) is -0.123. The average molecular weight is 287 g/mol. The summed E-state index contributed by atoms with van der Waals surface area (Å²) in [6, 6.07) is -1.34. The lowest BCUT2D eigenvalue weighted by Gasteiger charge is -2.41. The van der Waals surface area contributed by atoms with Crippen LogP contribution in [0.4, 0.5) is 0 Å². The molecule has 0 aromatic rings. The molecule has 0 aliphatic carbocycles. The van der Waals surface area contributed by atoms with Gasteiger partial charge in [0, 0.05) is 19.3 Å². The van der Waals surface area contributed by atoms with Crippen LogP contribution >= 0.6 is 0 Å². The van der Waals surface area contributed by atoms with Crippen LogP contribution in [0, 0.1) is 5.21 Å². The smallest absolute Gasteiger partial charge is 0.294 e. The SMILES string of the molecule is O=S(=O)(O)C1(S(=O)(=O)O)CC[N+]2([O-])CCCC12. The van der Waals surface area contributed by atoms with E-state index in [1.165, 1.54) is 0 Å². The minimum Gasteiger partial charge on any atom is -0.633 e. The third-order valence-corrected chi connectivity index (χ3v) is 7.76. The second-order valence-corrected chi connectivity index (χ2v) is 8.19. The van der Waals surface area contributed by atoms with Gasteiger partial charge < -0.3 is 9.85 Å². The fourth-order valence-electron chi connectivity index (χ4n) is 3.04. The molecule has 100 valence electrons. The highest BCUT2D eigenvalue weighted by atomic mass is 32.3. The van der Waals surface area contributed by atoms with Crippen molar-refractivity contribution in [2.45, 2.75) is 29.4 Å². The second kappa shape index (κ2) is 3.39. The zero-order chi connectivity index (χ0) is 13.1. The zero-order valence-corrected chi connectivity index (χ0v) is 10.4. The van der Waals surface area contributed by atoms with Crippen molar-refractivity contribution in [3.05, 3.63) is 5.21 Å². The highest BCUT2D eigenvalue weighted by Gasteiger charge is 2.71. The Hall–Kier alpha value is -0.260. The Labute approximate surface area is 98.9 Å². The maximum absolute atomic E-state index is 12.2. The molecule has 8 nitrogen and oxygen atoms in total. The van der Waals surface area contributed by atoms with Gasteiger partial charge in [0.1, 0.15) is 6.04 Å². The van der Waals surface area contributed by atoms with Crippen LogP contribution in [0.5, 0.6) is 0 Å². The van der Waals surface area contributed by atoms with Gasteiger partial charge in [-0.2, -0.15) is 16.8 Å². The summed E-state index contributed by atoms with van der Waals surface area (Å²) in [5.41, 5.74) is 0. The Morgan fingerprint density at radius 3 is 2.12 bits per heavy atom. The second-order valence-electron chi connectivity index (χ2n) is 4.57. The molecular formula is C7H13NO7S2. The average Bonchev–Trinajstić information content (AvgIpc) is 2.54. The summed E-state index contributed by atoms with van der Waals surface area (Å²) < 4.78 is 60.0. The highest BCUT2D eigenvalue weighted by Crippen LogP contribution is 2.48. The van der Waals surface area contributed by atoms with Gasteiger partial charge in [0.05, 0.1) is 13.1 Å². The van der Waals surface area contributed by atoms with Gasteiger partial charge in [-0.1, -0.05) is 0 Å². The monoisotopic (exact) mass is 287 g/mol. The maximum Gasteiger partial charge on any atom is 0.294 e. The molecule has 2 rings (SSSR count). The van der Waals surface area contributed by atoms with E-state index in [1.54, 1.807) is 0 Å². The normalized spacial score (nSPS) is 37.0. The van der Waals surface area contributed by atoms with Gasteiger partial charge in [-0.15, -0.1) is 0 Å². The van der Waals surface area contributed by atoms with Crippen molar-refractivity contribution in [2.24, 2.45) is 0 Å². The largest absolute Gasteiger partial charge is 0.633 e. The van der Waals surface area contributed by atoms with Gasteiger partial charge in [0.15, 0.2) is 0 Å². The first kappa shape index (κ1) is 13.2. The molecule has 0 radical (unpaired) electrons. The lowest BCUT2D eigenvalue weighted by atomic mass is 10.1. The molecule has 0 aromatic heterocycles. The lowest BCUT2D eigenvalue weighted by Crippen LogP contribution is -2.57. The van der Waals surface area contributed by atoms with Gasteiger partial charge in [-0.3, -0.25) is 9.11 Å². The first-order chi connectivity index (χ1) is 7.55. The van der Waals surface area contributed by atoms with Crippen LogP contribution in [0.2, 0.25) is 0 Å². The van der Waals surface area contributed by atoms with Crippen molar-refractivity contribution in [1.29, 1.82) is 0 Å². The first-order valence-electron chi connectivity index (χ1n) is 5.06. The Morgan fingerprint density at radius 1 is 1.12 bits per heavy atom. The van der Waals surface area contributed by atoms with Crippen LogP contribution in [0.3, 0.4) is 0 Å². The minimum atomic E-state index is -5.07. The van der Waals surface area contributed by atoms with E-state index in [0.717, 1.165) is 0 Å². The van der Waals surface area contributed by atoms with E-state index in [4.69, 9.17) is 9.11 Å². The fourth-order valence-corrected chi connectivity index (χ4v) is 6.11. The molecule has 0 amide bonds. The molecule has 0 saturated carbocycles. The molecule has 2 unspecified atom stereocenters. The fraction of sp³-hybridized carbons (Fsp3) is 1.00. The first-order valence-corrected chi connectivity index (χ1v) is 7.94. The highest BCUT2D eigenvalue weighted by molar-refractivity contribution is 8.05. The number of nitrogens with zero attached hydrogens (tertiary/aromatic N) is 1. The maximum atomic E-state index is 12.2. The van der Waals surface area contributed by atoms with E-state index in [2.05, 4.69) is 0 Å². The Kier molecular flexibility index (Phi) is 2.63. The number of quaternary nitrogens is 1. The summed E-state index contributed by atoms with van der Waals surface area (Å²) in [5.74, 6) is 0. The van der Waals surface area contributed by atoms with Gasteiger partial charge in [0.25, 0.3) is 24.3 Å². The van der Waals surface area contributed by atoms with E-state index in [9.17, 15) is 22.0 Å². The minimum absolute atomic E-state index is 0.0586. The third kappa shape index (κ3) is 1.55. The quantitative estimate of drug-likeness (QED) is 0.391. The number of fused-ring (bicyclic) bond motifs is 1. The van der Waals surface area contributed by atoms with E-state index in [-0.39, 0.29) is 19.5 Å². The number of hydrogen-bond acceptors (Lipinski definition) is 5. The molecule has 0 aromatic carbocycles. The van der Waals surface area contributed by atoms with Crippen LogP contribution in [0.1, 0.15) is 19.3 Å². The van der Waals surface area contributed by atoms with Crippen molar-refractivity contribution in [3.8, 4) is 0 Å². The zero-order valence-electron chi connectivity index (χ0n) is 8.81. The molecule has 2 atom stereocenters. The van der Waals surface area contributed by atoms with Crippen LogP contribution < -0.4 is 0 Å². The summed E-state index contributed by atoms with van der Waals surface area (Å²) >= 11 is 0. The topological polar surface area (TPSA) is 132 Å².